The predicted molar refractivity (Wildman–Crippen MR) is 65.5 cm³/mol. The zero-order valence-electron chi connectivity index (χ0n) is 10.0. The minimum Gasteiger partial charge on any atom is -0.461 e. The van der Waals surface area contributed by atoms with Crippen LogP contribution >= 0.6 is 15.9 Å². The average Bonchev–Trinajstić information content (AvgIpc) is 1.91. The molecule has 0 heterocycles. The van der Waals surface area contributed by atoms with E-state index in [0.29, 0.717) is 17.3 Å². The molecule has 4 aliphatic rings. The van der Waals surface area contributed by atoms with Crippen LogP contribution in [0.2, 0.25) is 0 Å². The van der Waals surface area contributed by atoms with E-state index in [1.54, 1.807) is 0 Å². The van der Waals surface area contributed by atoms with Crippen molar-refractivity contribution >= 4 is 22.4 Å². The molecule has 90 valence electrons. The highest BCUT2D eigenvalue weighted by atomic mass is 79.9. The van der Waals surface area contributed by atoms with Gasteiger partial charge in [0.15, 0.2) is 0 Å². The first kappa shape index (κ1) is 11.1. The van der Waals surface area contributed by atoms with Gasteiger partial charge in [-0.05, 0) is 42.9 Å². The molecule has 4 saturated carbocycles. The topological polar surface area (TPSA) is 26.3 Å². The number of alkyl halides is 1. The van der Waals surface area contributed by atoms with Crippen LogP contribution in [0.15, 0.2) is 0 Å². The fourth-order valence-electron chi connectivity index (χ4n) is 5.67. The maximum atomic E-state index is 10.8. The third-order valence-electron chi connectivity index (χ3n) is 4.78. The Bertz CT molecular complexity index is 298. The number of halogens is 1. The summed E-state index contributed by atoms with van der Waals surface area (Å²) in [5, 5.41) is 0. The molecule has 4 fully saturated rings. The van der Waals surface area contributed by atoms with E-state index in [2.05, 4.69) is 29.8 Å². The van der Waals surface area contributed by atoms with E-state index in [1.807, 2.05) is 0 Å². The van der Waals surface area contributed by atoms with Crippen LogP contribution in [0.4, 0.5) is 0 Å². The first-order chi connectivity index (χ1) is 7.30. The highest BCUT2D eigenvalue weighted by Gasteiger charge is 2.66. The van der Waals surface area contributed by atoms with Crippen LogP contribution in [0.5, 0.6) is 0 Å². The van der Waals surface area contributed by atoms with Crippen molar-refractivity contribution < 1.29 is 9.53 Å². The molecule has 0 aromatic heterocycles. The molecule has 16 heavy (non-hydrogen) atoms. The predicted octanol–water partition coefficient (Wildman–Crippen LogP) is 3.43. The Morgan fingerprint density at radius 3 is 2.00 bits per heavy atom. The molecule has 2 unspecified atom stereocenters. The molecule has 0 aromatic carbocycles. The lowest BCUT2D eigenvalue weighted by molar-refractivity contribution is -0.198. The van der Waals surface area contributed by atoms with Gasteiger partial charge in [-0.25, -0.2) is 0 Å². The van der Waals surface area contributed by atoms with Crippen molar-refractivity contribution in [2.24, 2.45) is 10.8 Å². The van der Waals surface area contributed by atoms with Crippen molar-refractivity contribution in [2.45, 2.75) is 62.3 Å². The minimum atomic E-state index is -0.177. The average molecular weight is 287 g/mol. The minimum absolute atomic E-state index is 0.177. The van der Waals surface area contributed by atoms with Crippen LogP contribution < -0.4 is 0 Å². The van der Waals surface area contributed by atoms with Crippen LogP contribution in [-0.2, 0) is 9.53 Å². The van der Waals surface area contributed by atoms with Gasteiger partial charge >= 0.3 is 0 Å². The summed E-state index contributed by atoms with van der Waals surface area (Å²) in [5.74, 6) is 0. The van der Waals surface area contributed by atoms with Gasteiger partial charge in [0.2, 0.25) is 0 Å². The lowest BCUT2D eigenvalue weighted by Gasteiger charge is -2.67. The van der Waals surface area contributed by atoms with E-state index < -0.39 is 0 Å². The zero-order valence-corrected chi connectivity index (χ0v) is 11.6. The SMILES string of the molecule is CC12CC3(C)CC(Br)(C1)CC(OC=O)(C2)C3. The Hall–Kier alpha value is -0.0500. The summed E-state index contributed by atoms with van der Waals surface area (Å²) in [4.78, 5) is 10.8. The van der Waals surface area contributed by atoms with Crippen molar-refractivity contribution in [1.82, 2.24) is 0 Å². The zero-order chi connectivity index (χ0) is 11.7. The Morgan fingerprint density at radius 1 is 1.00 bits per heavy atom. The second-order valence-electron chi connectivity index (χ2n) is 7.23. The summed E-state index contributed by atoms with van der Waals surface area (Å²) in [6.45, 7) is 5.39. The van der Waals surface area contributed by atoms with E-state index in [4.69, 9.17) is 4.74 Å². The van der Waals surface area contributed by atoms with Crippen LogP contribution in [0.1, 0.15) is 52.4 Å². The summed E-state index contributed by atoms with van der Waals surface area (Å²) in [6.07, 6.45) is 6.88. The Labute approximate surface area is 105 Å². The fourth-order valence-corrected chi connectivity index (χ4v) is 7.53. The number of carbonyl (C=O) groups is 1. The molecule has 0 amide bonds. The molecular formula is C13H19BrO2. The Morgan fingerprint density at radius 2 is 1.56 bits per heavy atom. The molecule has 0 N–H and O–H groups in total. The van der Waals surface area contributed by atoms with Crippen molar-refractivity contribution in [3.8, 4) is 0 Å². The van der Waals surface area contributed by atoms with Crippen LogP contribution in [0, 0.1) is 10.8 Å². The van der Waals surface area contributed by atoms with Gasteiger partial charge in [0.25, 0.3) is 6.47 Å². The van der Waals surface area contributed by atoms with Gasteiger partial charge in [0.05, 0.1) is 0 Å². The van der Waals surface area contributed by atoms with Crippen molar-refractivity contribution in [3.63, 3.8) is 0 Å². The molecule has 0 aromatic rings. The third kappa shape index (κ3) is 1.47. The largest absolute Gasteiger partial charge is 0.461 e. The second-order valence-corrected chi connectivity index (χ2v) is 8.91. The number of hydrogen-bond donors (Lipinski definition) is 0. The lowest BCUT2D eigenvalue weighted by atomic mass is 9.43. The Kier molecular flexibility index (Phi) is 1.97. The number of ether oxygens (including phenoxy) is 1. The monoisotopic (exact) mass is 286 g/mol. The van der Waals surface area contributed by atoms with Crippen LogP contribution in [0.25, 0.3) is 0 Å². The molecule has 4 aliphatic carbocycles. The summed E-state index contributed by atoms with van der Waals surface area (Å²) < 4.78 is 5.74. The number of carbonyl (C=O) groups excluding carboxylic acids is 1. The van der Waals surface area contributed by atoms with Crippen molar-refractivity contribution in [3.05, 3.63) is 0 Å². The lowest BCUT2D eigenvalue weighted by Crippen LogP contribution is -2.64. The van der Waals surface area contributed by atoms with Gasteiger partial charge < -0.3 is 4.74 Å². The van der Waals surface area contributed by atoms with E-state index in [-0.39, 0.29) is 9.93 Å². The third-order valence-corrected chi connectivity index (χ3v) is 5.62. The van der Waals surface area contributed by atoms with E-state index in [0.717, 1.165) is 19.3 Å². The highest BCUT2D eigenvalue weighted by molar-refractivity contribution is 9.10. The molecule has 2 atom stereocenters. The van der Waals surface area contributed by atoms with Gasteiger partial charge in [0, 0.05) is 10.7 Å². The smallest absolute Gasteiger partial charge is 0.293 e. The molecule has 4 bridgehead atoms. The molecule has 2 nitrogen and oxygen atoms in total. The first-order valence-electron chi connectivity index (χ1n) is 6.11. The summed E-state index contributed by atoms with van der Waals surface area (Å²) in [5.41, 5.74) is 0.537. The summed E-state index contributed by atoms with van der Waals surface area (Å²) >= 11 is 3.94. The molecule has 3 heteroatoms. The van der Waals surface area contributed by atoms with Gasteiger partial charge in [-0.3, -0.25) is 4.79 Å². The van der Waals surface area contributed by atoms with Gasteiger partial charge in [0.1, 0.15) is 5.60 Å². The van der Waals surface area contributed by atoms with Crippen LogP contribution in [0.3, 0.4) is 0 Å². The van der Waals surface area contributed by atoms with Gasteiger partial charge in [-0.1, -0.05) is 29.8 Å². The molecule has 0 radical (unpaired) electrons. The molecule has 4 rings (SSSR count). The summed E-state index contributed by atoms with van der Waals surface area (Å²) in [6, 6.07) is 0. The van der Waals surface area contributed by atoms with E-state index in [9.17, 15) is 4.79 Å². The maximum absolute atomic E-state index is 10.8. The van der Waals surface area contributed by atoms with Gasteiger partial charge in [-0.2, -0.15) is 0 Å². The number of rotatable bonds is 2. The maximum Gasteiger partial charge on any atom is 0.293 e. The molecule has 0 saturated heterocycles. The van der Waals surface area contributed by atoms with Gasteiger partial charge in [-0.15, -0.1) is 0 Å². The van der Waals surface area contributed by atoms with Crippen LogP contribution in [-0.4, -0.2) is 16.4 Å². The Balaban J connectivity index is 2.03. The molecule has 0 spiro atoms. The van der Waals surface area contributed by atoms with Crippen molar-refractivity contribution in [1.29, 1.82) is 0 Å². The quantitative estimate of drug-likeness (QED) is 0.574. The highest BCUT2D eigenvalue weighted by Crippen LogP contribution is 2.70. The molecule has 0 aliphatic heterocycles. The van der Waals surface area contributed by atoms with Crippen molar-refractivity contribution in [2.75, 3.05) is 0 Å². The fraction of sp³-hybridized carbons (Fsp3) is 0.923. The standard InChI is InChI=1S/C13H19BrO2/c1-10-3-11(2)5-12(14,4-10)8-13(6-10,7-11)16-9-15/h9H,3-8H2,1-2H3. The summed E-state index contributed by atoms with van der Waals surface area (Å²) in [7, 11) is 0. The number of hydrogen-bond acceptors (Lipinski definition) is 2. The first-order valence-corrected chi connectivity index (χ1v) is 6.90. The normalized spacial score (nSPS) is 58.7. The second kappa shape index (κ2) is 2.85. The van der Waals surface area contributed by atoms with E-state index in [1.165, 1.54) is 19.3 Å². The molecular weight excluding hydrogens is 268 g/mol. The van der Waals surface area contributed by atoms with E-state index >= 15 is 0 Å².